The first-order valence-electron chi connectivity index (χ1n) is 8.94. The molecule has 1 aliphatic rings. The molecule has 0 atom stereocenters. The third-order valence-electron chi connectivity index (χ3n) is 4.62. The van der Waals surface area contributed by atoms with Crippen molar-refractivity contribution in [1.82, 2.24) is 9.62 Å². The highest BCUT2D eigenvalue weighted by molar-refractivity contribution is 7.89. The molecule has 0 aliphatic carbocycles. The minimum atomic E-state index is -3.73. The number of hydrogen-bond acceptors (Lipinski definition) is 3. The van der Waals surface area contributed by atoms with Gasteiger partial charge in [-0.25, -0.2) is 17.5 Å². The van der Waals surface area contributed by atoms with Crippen LogP contribution in [-0.4, -0.2) is 38.4 Å². The number of carbonyl (C=O) groups is 1. The molecule has 0 saturated carbocycles. The average Bonchev–Trinajstić information content (AvgIpc) is 2.69. The van der Waals surface area contributed by atoms with E-state index in [1.165, 1.54) is 18.2 Å². The van der Waals surface area contributed by atoms with Crippen LogP contribution in [0.4, 0.5) is 4.39 Å². The standard InChI is InChI=1S/C20H19Cl2FN2O3S/c21-15-2-7-19(22)14(13-15)1-8-20(26)25-11-9-17(10-12-25)24-29(27,28)18-5-3-16(23)4-6-18/h1-8,13,17,24H,9-12H2/b8-1+. The highest BCUT2D eigenvalue weighted by Crippen LogP contribution is 2.22. The second kappa shape index (κ2) is 9.26. The van der Waals surface area contributed by atoms with Crippen molar-refractivity contribution in [3.63, 3.8) is 0 Å². The summed E-state index contributed by atoms with van der Waals surface area (Å²) in [7, 11) is -3.73. The van der Waals surface area contributed by atoms with Gasteiger partial charge in [-0.2, -0.15) is 0 Å². The maximum absolute atomic E-state index is 13.0. The Balaban J connectivity index is 1.56. The van der Waals surface area contributed by atoms with Gasteiger partial charge >= 0.3 is 0 Å². The van der Waals surface area contributed by atoms with Gasteiger partial charge in [-0.15, -0.1) is 0 Å². The summed E-state index contributed by atoms with van der Waals surface area (Å²) in [6.45, 7) is 0.839. The average molecular weight is 457 g/mol. The molecular weight excluding hydrogens is 438 g/mol. The largest absolute Gasteiger partial charge is 0.339 e. The lowest BCUT2D eigenvalue weighted by atomic mass is 10.1. The summed E-state index contributed by atoms with van der Waals surface area (Å²) in [6.07, 6.45) is 4.01. The summed E-state index contributed by atoms with van der Waals surface area (Å²) in [5.41, 5.74) is 0.648. The van der Waals surface area contributed by atoms with Crippen LogP contribution in [-0.2, 0) is 14.8 Å². The summed E-state index contributed by atoms with van der Waals surface area (Å²) >= 11 is 12.0. The Morgan fingerprint density at radius 1 is 1.10 bits per heavy atom. The van der Waals surface area contributed by atoms with Crippen molar-refractivity contribution >= 4 is 45.2 Å². The molecule has 1 N–H and O–H groups in total. The van der Waals surface area contributed by atoms with E-state index < -0.39 is 15.8 Å². The summed E-state index contributed by atoms with van der Waals surface area (Å²) in [6, 6.07) is 9.37. The SMILES string of the molecule is O=C(/C=C/c1cc(Cl)ccc1Cl)N1CCC(NS(=O)(=O)c2ccc(F)cc2)CC1. The smallest absolute Gasteiger partial charge is 0.246 e. The van der Waals surface area contributed by atoms with Gasteiger partial charge in [0.25, 0.3) is 0 Å². The fourth-order valence-electron chi connectivity index (χ4n) is 3.03. The normalized spacial score (nSPS) is 15.8. The summed E-state index contributed by atoms with van der Waals surface area (Å²) in [5.74, 6) is -0.677. The molecule has 0 unspecified atom stereocenters. The number of sulfonamides is 1. The Kier molecular flexibility index (Phi) is 6.95. The molecule has 0 aromatic heterocycles. The quantitative estimate of drug-likeness (QED) is 0.688. The van der Waals surface area contributed by atoms with Crippen LogP contribution < -0.4 is 4.72 Å². The predicted molar refractivity (Wildman–Crippen MR) is 112 cm³/mol. The molecule has 0 bridgehead atoms. The van der Waals surface area contributed by atoms with E-state index >= 15 is 0 Å². The molecule has 1 amide bonds. The van der Waals surface area contributed by atoms with Crippen LogP contribution >= 0.6 is 23.2 Å². The number of nitrogens with one attached hydrogen (secondary N) is 1. The Hall–Kier alpha value is -1.93. The van der Waals surface area contributed by atoms with Crippen molar-refractivity contribution in [2.75, 3.05) is 13.1 Å². The van der Waals surface area contributed by atoms with Gasteiger partial charge in [-0.05, 0) is 66.9 Å². The Morgan fingerprint density at radius 2 is 1.76 bits per heavy atom. The van der Waals surface area contributed by atoms with Crippen molar-refractivity contribution in [2.24, 2.45) is 0 Å². The van der Waals surface area contributed by atoms with Crippen LogP contribution in [0.3, 0.4) is 0 Å². The number of nitrogens with zero attached hydrogens (tertiary/aromatic N) is 1. The van der Waals surface area contributed by atoms with Gasteiger partial charge in [0, 0.05) is 35.3 Å². The maximum atomic E-state index is 13.0. The molecule has 1 saturated heterocycles. The van der Waals surface area contributed by atoms with Gasteiger partial charge in [0.1, 0.15) is 5.82 Å². The molecular formula is C20H19Cl2FN2O3S. The molecule has 1 heterocycles. The molecule has 1 fully saturated rings. The molecule has 2 aromatic carbocycles. The molecule has 0 spiro atoms. The van der Waals surface area contributed by atoms with E-state index in [4.69, 9.17) is 23.2 Å². The van der Waals surface area contributed by atoms with E-state index in [-0.39, 0.29) is 16.8 Å². The molecule has 2 aromatic rings. The summed E-state index contributed by atoms with van der Waals surface area (Å²) in [4.78, 5) is 14.1. The van der Waals surface area contributed by atoms with E-state index in [1.807, 2.05) is 0 Å². The van der Waals surface area contributed by atoms with Crippen molar-refractivity contribution < 1.29 is 17.6 Å². The molecule has 5 nitrogen and oxygen atoms in total. The number of benzene rings is 2. The Labute approximate surface area is 179 Å². The van der Waals surface area contributed by atoms with Crippen LogP contribution in [0, 0.1) is 5.82 Å². The lowest BCUT2D eigenvalue weighted by molar-refractivity contribution is -0.126. The third-order valence-corrected chi connectivity index (χ3v) is 6.73. The van der Waals surface area contributed by atoms with Gasteiger partial charge in [0.05, 0.1) is 4.90 Å². The predicted octanol–water partition coefficient (Wildman–Crippen LogP) is 4.12. The van der Waals surface area contributed by atoms with Crippen molar-refractivity contribution in [3.05, 3.63) is 70.0 Å². The first-order valence-corrected chi connectivity index (χ1v) is 11.2. The second-order valence-electron chi connectivity index (χ2n) is 6.67. The number of likely N-dealkylation sites (tertiary alicyclic amines) is 1. The third kappa shape index (κ3) is 5.79. The van der Waals surface area contributed by atoms with Crippen molar-refractivity contribution in [2.45, 2.75) is 23.8 Å². The zero-order valence-corrected chi connectivity index (χ0v) is 17.6. The van der Waals surface area contributed by atoms with Gasteiger partial charge in [0.2, 0.25) is 15.9 Å². The van der Waals surface area contributed by atoms with Crippen LogP contribution in [0.2, 0.25) is 10.0 Å². The minimum Gasteiger partial charge on any atom is -0.339 e. The molecule has 3 rings (SSSR count). The first kappa shape index (κ1) is 21.8. The molecule has 29 heavy (non-hydrogen) atoms. The van der Waals surface area contributed by atoms with Gasteiger partial charge in [0.15, 0.2) is 0 Å². The van der Waals surface area contributed by atoms with E-state index in [0.717, 1.165) is 12.1 Å². The fourth-order valence-corrected chi connectivity index (χ4v) is 4.69. The van der Waals surface area contributed by atoms with Gasteiger partial charge in [-0.1, -0.05) is 23.2 Å². The van der Waals surface area contributed by atoms with Crippen molar-refractivity contribution in [1.29, 1.82) is 0 Å². The number of carbonyl (C=O) groups excluding carboxylic acids is 1. The van der Waals surface area contributed by atoms with Crippen LogP contribution in [0.1, 0.15) is 18.4 Å². The fraction of sp³-hybridized carbons (Fsp3) is 0.250. The lowest BCUT2D eigenvalue weighted by Crippen LogP contribution is -2.46. The zero-order chi connectivity index (χ0) is 21.0. The van der Waals surface area contributed by atoms with E-state index in [9.17, 15) is 17.6 Å². The second-order valence-corrected chi connectivity index (χ2v) is 9.23. The number of halogens is 3. The van der Waals surface area contributed by atoms with E-state index in [2.05, 4.69) is 4.72 Å². The number of piperidine rings is 1. The highest BCUT2D eigenvalue weighted by atomic mass is 35.5. The topological polar surface area (TPSA) is 66.5 Å². The van der Waals surface area contributed by atoms with Crippen LogP contribution in [0.15, 0.2) is 53.4 Å². The van der Waals surface area contributed by atoms with Crippen LogP contribution in [0.5, 0.6) is 0 Å². The highest BCUT2D eigenvalue weighted by Gasteiger charge is 2.26. The summed E-state index contributed by atoms with van der Waals surface area (Å²) < 4.78 is 40.4. The number of rotatable bonds is 5. The zero-order valence-electron chi connectivity index (χ0n) is 15.3. The molecule has 9 heteroatoms. The number of hydrogen-bond donors (Lipinski definition) is 1. The minimum absolute atomic E-state index is 0.0127. The van der Waals surface area contributed by atoms with Gasteiger partial charge < -0.3 is 4.90 Å². The molecule has 0 radical (unpaired) electrons. The monoisotopic (exact) mass is 456 g/mol. The maximum Gasteiger partial charge on any atom is 0.246 e. The summed E-state index contributed by atoms with van der Waals surface area (Å²) in [5, 5.41) is 1.02. The van der Waals surface area contributed by atoms with E-state index in [0.29, 0.717) is 41.5 Å². The first-order chi connectivity index (χ1) is 13.7. The van der Waals surface area contributed by atoms with Crippen LogP contribution in [0.25, 0.3) is 6.08 Å². The Morgan fingerprint density at radius 3 is 2.41 bits per heavy atom. The Bertz CT molecular complexity index is 1020. The lowest BCUT2D eigenvalue weighted by Gasteiger charge is -2.31. The van der Waals surface area contributed by atoms with Gasteiger partial charge in [-0.3, -0.25) is 4.79 Å². The van der Waals surface area contributed by atoms with Crippen molar-refractivity contribution in [3.8, 4) is 0 Å². The number of amides is 1. The van der Waals surface area contributed by atoms with E-state index in [1.54, 1.807) is 29.2 Å². The molecule has 154 valence electrons. The molecule has 1 aliphatic heterocycles.